The van der Waals surface area contributed by atoms with E-state index in [2.05, 4.69) is 24.1 Å². The summed E-state index contributed by atoms with van der Waals surface area (Å²) in [5, 5.41) is 4.21. The summed E-state index contributed by atoms with van der Waals surface area (Å²) in [6.07, 6.45) is 1.29. The first-order valence-corrected chi connectivity index (χ1v) is 7.94. The smallest absolute Gasteiger partial charge is 0.231 e. The molecule has 1 fully saturated rings. The molecule has 0 saturated carbocycles. The van der Waals surface area contributed by atoms with E-state index in [4.69, 9.17) is 21.7 Å². The molecule has 2 aliphatic heterocycles. The van der Waals surface area contributed by atoms with Crippen LogP contribution in [0.15, 0.2) is 18.2 Å². The van der Waals surface area contributed by atoms with Gasteiger partial charge in [0.05, 0.1) is 0 Å². The Kier molecular flexibility index (Phi) is 4.19. The molecule has 0 radical (unpaired) electrons. The fourth-order valence-electron chi connectivity index (χ4n) is 3.17. The van der Waals surface area contributed by atoms with Crippen LogP contribution in [0, 0.1) is 11.8 Å². The van der Waals surface area contributed by atoms with Crippen molar-refractivity contribution >= 4 is 17.3 Å². The summed E-state index contributed by atoms with van der Waals surface area (Å²) in [6, 6.07) is 6.01. The summed E-state index contributed by atoms with van der Waals surface area (Å²) in [5.74, 6) is 3.05. The SMILES string of the molecule is C[C@@H]1C[C@H](C)CN(C(=S)NCc2ccc3c(c2)OCO3)C1. The lowest BCUT2D eigenvalue weighted by Crippen LogP contribution is -2.47. The van der Waals surface area contributed by atoms with Gasteiger partial charge in [-0.3, -0.25) is 0 Å². The molecule has 1 N–H and O–H groups in total. The predicted molar refractivity (Wildman–Crippen MR) is 86.5 cm³/mol. The van der Waals surface area contributed by atoms with Crippen LogP contribution in [0.25, 0.3) is 0 Å². The van der Waals surface area contributed by atoms with Crippen LogP contribution >= 0.6 is 12.2 Å². The second kappa shape index (κ2) is 6.10. The zero-order valence-electron chi connectivity index (χ0n) is 12.6. The minimum Gasteiger partial charge on any atom is -0.454 e. The molecule has 21 heavy (non-hydrogen) atoms. The van der Waals surface area contributed by atoms with Crippen molar-refractivity contribution in [1.29, 1.82) is 0 Å². The molecule has 0 aromatic heterocycles. The van der Waals surface area contributed by atoms with Crippen LogP contribution in [0.1, 0.15) is 25.8 Å². The van der Waals surface area contributed by atoms with E-state index in [1.807, 2.05) is 18.2 Å². The van der Waals surface area contributed by atoms with Gasteiger partial charge in [0, 0.05) is 19.6 Å². The van der Waals surface area contributed by atoms with Crippen LogP contribution < -0.4 is 14.8 Å². The second-order valence-corrected chi connectivity index (χ2v) is 6.58. The summed E-state index contributed by atoms with van der Waals surface area (Å²) < 4.78 is 10.7. The number of nitrogens with zero attached hydrogens (tertiary/aromatic N) is 1. The number of benzene rings is 1. The molecule has 1 saturated heterocycles. The molecule has 0 unspecified atom stereocenters. The van der Waals surface area contributed by atoms with Crippen LogP contribution in [-0.4, -0.2) is 29.9 Å². The van der Waals surface area contributed by atoms with Crippen molar-refractivity contribution in [2.45, 2.75) is 26.8 Å². The van der Waals surface area contributed by atoms with Gasteiger partial charge >= 0.3 is 0 Å². The normalized spacial score (nSPS) is 24.0. The van der Waals surface area contributed by atoms with E-state index < -0.39 is 0 Å². The molecule has 2 aliphatic rings. The number of piperidine rings is 1. The molecule has 0 bridgehead atoms. The van der Waals surface area contributed by atoms with Crippen molar-refractivity contribution in [3.63, 3.8) is 0 Å². The second-order valence-electron chi connectivity index (χ2n) is 6.20. The molecule has 2 heterocycles. The van der Waals surface area contributed by atoms with Gasteiger partial charge in [-0.05, 0) is 48.2 Å². The van der Waals surface area contributed by atoms with Crippen LogP contribution in [-0.2, 0) is 6.54 Å². The maximum atomic E-state index is 5.54. The van der Waals surface area contributed by atoms with E-state index in [9.17, 15) is 0 Å². The molecule has 4 nitrogen and oxygen atoms in total. The number of hydrogen-bond donors (Lipinski definition) is 1. The highest BCUT2D eigenvalue weighted by Crippen LogP contribution is 2.32. The number of rotatable bonds is 2. The first kappa shape index (κ1) is 14.4. The van der Waals surface area contributed by atoms with Crippen molar-refractivity contribution in [1.82, 2.24) is 10.2 Å². The molecule has 1 aromatic rings. The van der Waals surface area contributed by atoms with Crippen molar-refractivity contribution in [2.75, 3.05) is 19.9 Å². The van der Waals surface area contributed by atoms with E-state index in [0.717, 1.165) is 35.3 Å². The van der Waals surface area contributed by atoms with Gasteiger partial charge < -0.3 is 19.7 Å². The van der Waals surface area contributed by atoms with E-state index in [1.54, 1.807) is 0 Å². The molecule has 2 atom stereocenters. The number of likely N-dealkylation sites (tertiary alicyclic amines) is 1. The molecule has 0 spiro atoms. The van der Waals surface area contributed by atoms with E-state index in [1.165, 1.54) is 6.42 Å². The highest BCUT2D eigenvalue weighted by atomic mass is 32.1. The average molecular weight is 306 g/mol. The third-order valence-electron chi connectivity index (χ3n) is 4.04. The Labute approximate surface area is 131 Å². The summed E-state index contributed by atoms with van der Waals surface area (Å²) in [4.78, 5) is 2.29. The molecule has 0 aliphatic carbocycles. The third kappa shape index (κ3) is 3.40. The lowest BCUT2D eigenvalue weighted by molar-refractivity contribution is 0.174. The lowest BCUT2D eigenvalue weighted by atomic mass is 9.92. The van der Waals surface area contributed by atoms with Gasteiger partial charge in [0.2, 0.25) is 6.79 Å². The molecule has 1 aromatic carbocycles. The van der Waals surface area contributed by atoms with Crippen molar-refractivity contribution in [2.24, 2.45) is 11.8 Å². The van der Waals surface area contributed by atoms with Gasteiger partial charge in [0.15, 0.2) is 16.6 Å². The minimum absolute atomic E-state index is 0.314. The number of nitrogens with one attached hydrogen (secondary N) is 1. The standard InChI is InChI=1S/C16H22N2O2S/c1-11-5-12(2)9-18(8-11)16(21)17-7-13-3-4-14-15(6-13)20-10-19-14/h3-4,6,11-12H,5,7-10H2,1-2H3,(H,17,21)/t11-,12+. The van der Waals surface area contributed by atoms with Gasteiger partial charge in [0.25, 0.3) is 0 Å². The number of ether oxygens (including phenoxy) is 2. The molecule has 0 amide bonds. The van der Waals surface area contributed by atoms with Gasteiger partial charge in [-0.15, -0.1) is 0 Å². The van der Waals surface area contributed by atoms with E-state index in [0.29, 0.717) is 25.2 Å². The van der Waals surface area contributed by atoms with Crippen LogP contribution in [0.4, 0.5) is 0 Å². The summed E-state index contributed by atoms with van der Waals surface area (Å²) in [7, 11) is 0. The number of hydrogen-bond acceptors (Lipinski definition) is 3. The molecular weight excluding hydrogens is 284 g/mol. The van der Waals surface area contributed by atoms with Gasteiger partial charge in [-0.25, -0.2) is 0 Å². The topological polar surface area (TPSA) is 33.7 Å². The Bertz CT molecular complexity index is 525. The molecule has 5 heteroatoms. The predicted octanol–water partition coefficient (Wildman–Crippen LogP) is 2.77. The fourth-order valence-corrected chi connectivity index (χ4v) is 3.39. The Morgan fingerprint density at radius 1 is 1.24 bits per heavy atom. The average Bonchev–Trinajstić information content (AvgIpc) is 2.91. The summed E-state index contributed by atoms with van der Waals surface area (Å²) >= 11 is 5.54. The first-order chi connectivity index (χ1) is 10.1. The largest absolute Gasteiger partial charge is 0.454 e. The summed E-state index contributed by atoms with van der Waals surface area (Å²) in [6.45, 7) is 7.73. The van der Waals surface area contributed by atoms with Crippen molar-refractivity contribution < 1.29 is 9.47 Å². The van der Waals surface area contributed by atoms with Gasteiger partial charge in [-0.2, -0.15) is 0 Å². The van der Waals surface area contributed by atoms with Crippen LogP contribution in [0.3, 0.4) is 0 Å². The monoisotopic (exact) mass is 306 g/mol. The molecule has 3 rings (SSSR count). The Morgan fingerprint density at radius 3 is 2.71 bits per heavy atom. The van der Waals surface area contributed by atoms with Crippen molar-refractivity contribution in [3.8, 4) is 11.5 Å². The van der Waals surface area contributed by atoms with Crippen LogP contribution in [0.2, 0.25) is 0 Å². The minimum atomic E-state index is 0.314. The zero-order valence-corrected chi connectivity index (χ0v) is 13.4. The Morgan fingerprint density at radius 2 is 1.95 bits per heavy atom. The highest BCUT2D eigenvalue weighted by Gasteiger charge is 2.23. The number of thiocarbonyl (C=S) groups is 1. The molecular formula is C16H22N2O2S. The van der Waals surface area contributed by atoms with Gasteiger partial charge in [-0.1, -0.05) is 19.9 Å². The van der Waals surface area contributed by atoms with Crippen molar-refractivity contribution in [3.05, 3.63) is 23.8 Å². The summed E-state index contributed by atoms with van der Waals surface area (Å²) in [5.41, 5.74) is 1.15. The maximum absolute atomic E-state index is 5.54. The maximum Gasteiger partial charge on any atom is 0.231 e. The van der Waals surface area contributed by atoms with Crippen LogP contribution in [0.5, 0.6) is 11.5 Å². The van der Waals surface area contributed by atoms with E-state index in [-0.39, 0.29) is 0 Å². The Balaban J connectivity index is 1.56. The Hall–Kier alpha value is -1.49. The van der Waals surface area contributed by atoms with Gasteiger partial charge in [0.1, 0.15) is 0 Å². The third-order valence-corrected chi connectivity index (χ3v) is 4.44. The zero-order chi connectivity index (χ0) is 14.8. The molecule has 114 valence electrons. The lowest BCUT2D eigenvalue weighted by Gasteiger charge is -2.36. The number of fused-ring (bicyclic) bond motifs is 1. The quantitative estimate of drug-likeness (QED) is 0.850. The first-order valence-electron chi connectivity index (χ1n) is 7.53. The highest BCUT2D eigenvalue weighted by molar-refractivity contribution is 7.80. The fraction of sp³-hybridized carbons (Fsp3) is 0.562. The van der Waals surface area contributed by atoms with E-state index >= 15 is 0 Å².